The summed E-state index contributed by atoms with van der Waals surface area (Å²) in [7, 11) is 0. The molecule has 0 spiro atoms. The van der Waals surface area contributed by atoms with Crippen molar-refractivity contribution in [3.63, 3.8) is 0 Å². The third kappa shape index (κ3) is 5.28. The van der Waals surface area contributed by atoms with Crippen LogP contribution in [0.25, 0.3) is 11.3 Å². The van der Waals surface area contributed by atoms with Crippen LogP contribution in [0, 0.1) is 5.82 Å². The maximum absolute atomic E-state index is 13.3. The van der Waals surface area contributed by atoms with Crippen LogP contribution in [0.15, 0.2) is 30.3 Å². The zero-order valence-electron chi connectivity index (χ0n) is 15.0. The molecule has 1 atom stereocenters. The van der Waals surface area contributed by atoms with Crippen molar-refractivity contribution in [2.45, 2.75) is 24.9 Å². The number of rotatable bonds is 4. The summed E-state index contributed by atoms with van der Waals surface area (Å²) in [5.41, 5.74) is -0.827. The molecule has 30 heavy (non-hydrogen) atoms. The quantitative estimate of drug-likeness (QED) is 0.626. The molecule has 2 aromatic rings. The van der Waals surface area contributed by atoms with Crippen molar-refractivity contribution < 1.29 is 45.4 Å². The normalized spacial score (nSPS) is 14.2. The molecule has 164 valence electrons. The number of nitrogens with one attached hydrogen (secondary N) is 1. The number of amides is 1. The Morgan fingerprint density at radius 1 is 1.17 bits per heavy atom. The number of hydrogen-bond acceptors (Lipinski definition) is 5. The fourth-order valence-corrected chi connectivity index (χ4v) is 2.11. The number of nitrogen functional groups attached to an aromatic ring is 1. The fourth-order valence-electron chi connectivity index (χ4n) is 2.11. The Balaban J connectivity index is 2.34. The van der Waals surface area contributed by atoms with E-state index in [1.807, 2.05) is 0 Å². The maximum Gasteiger partial charge on any atom is 0.418 e. The van der Waals surface area contributed by atoms with E-state index >= 15 is 0 Å². The molecule has 1 heterocycles. The second kappa shape index (κ2) is 7.97. The lowest BCUT2D eigenvalue weighted by Gasteiger charge is -2.26. The van der Waals surface area contributed by atoms with Crippen LogP contribution in [0.1, 0.15) is 12.5 Å². The maximum atomic E-state index is 13.3. The van der Waals surface area contributed by atoms with Crippen LogP contribution in [0.5, 0.6) is 5.88 Å². The van der Waals surface area contributed by atoms with Crippen LogP contribution in [0.4, 0.5) is 41.2 Å². The highest BCUT2D eigenvalue weighted by Gasteiger charge is 2.50. The third-order valence-corrected chi connectivity index (χ3v) is 3.82. The van der Waals surface area contributed by atoms with Crippen LogP contribution < -0.4 is 15.8 Å². The first-order valence-corrected chi connectivity index (χ1v) is 8.00. The van der Waals surface area contributed by atoms with E-state index in [4.69, 9.17) is 5.73 Å². The van der Waals surface area contributed by atoms with E-state index in [0.717, 1.165) is 24.3 Å². The van der Waals surface area contributed by atoms with E-state index in [-0.39, 0.29) is 5.56 Å². The standard InChI is InChI=1S/C17H14F7N3O3/c1-15(29,17(22,23)24)7-26-14(28)30-13-11(25)6-10(16(19,20)21)12(27-13)8-2-4-9(18)5-3-8/h2-6,29H,7,25H2,1H3,(H,26,28). The number of pyridine rings is 1. The van der Waals surface area contributed by atoms with Gasteiger partial charge in [0.15, 0.2) is 5.60 Å². The van der Waals surface area contributed by atoms with Crippen LogP contribution in [0.2, 0.25) is 0 Å². The molecule has 1 aromatic carbocycles. The minimum Gasteiger partial charge on any atom is -0.394 e. The number of aromatic nitrogens is 1. The van der Waals surface area contributed by atoms with Gasteiger partial charge in [0.25, 0.3) is 0 Å². The van der Waals surface area contributed by atoms with Crippen LogP contribution in [-0.2, 0) is 6.18 Å². The highest BCUT2D eigenvalue weighted by Crippen LogP contribution is 2.39. The van der Waals surface area contributed by atoms with Gasteiger partial charge in [-0.15, -0.1) is 0 Å². The summed E-state index contributed by atoms with van der Waals surface area (Å²) in [6.45, 7) is -0.911. The van der Waals surface area contributed by atoms with Gasteiger partial charge in [-0.25, -0.2) is 14.2 Å². The van der Waals surface area contributed by atoms with Crippen molar-refractivity contribution in [2.24, 2.45) is 0 Å². The number of benzene rings is 1. The average molecular weight is 441 g/mol. The minimum absolute atomic E-state index is 0.186. The molecular formula is C17H14F7N3O3. The van der Waals surface area contributed by atoms with E-state index in [1.165, 1.54) is 0 Å². The van der Waals surface area contributed by atoms with Crippen molar-refractivity contribution in [1.29, 1.82) is 0 Å². The molecule has 0 saturated heterocycles. The summed E-state index contributed by atoms with van der Waals surface area (Å²) in [5.74, 6) is -1.55. The number of halogens is 7. The molecule has 13 heteroatoms. The van der Waals surface area contributed by atoms with Gasteiger partial charge in [0.05, 0.1) is 23.5 Å². The number of hydrogen-bond donors (Lipinski definition) is 3. The molecule has 0 radical (unpaired) electrons. The zero-order valence-corrected chi connectivity index (χ0v) is 15.0. The molecule has 1 aromatic heterocycles. The smallest absolute Gasteiger partial charge is 0.394 e. The molecule has 4 N–H and O–H groups in total. The van der Waals surface area contributed by atoms with Gasteiger partial charge in [0, 0.05) is 5.56 Å². The van der Waals surface area contributed by atoms with Gasteiger partial charge in [-0.2, -0.15) is 26.3 Å². The molecule has 0 bridgehead atoms. The van der Waals surface area contributed by atoms with E-state index in [9.17, 15) is 40.6 Å². The van der Waals surface area contributed by atoms with Crippen LogP contribution >= 0.6 is 0 Å². The molecular weight excluding hydrogens is 427 g/mol. The van der Waals surface area contributed by atoms with Gasteiger partial charge >= 0.3 is 18.4 Å². The summed E-state index contributed by atoms with van der Waals surface area (Å²) in [6, 6.07) is 4.15. The topological polar surface area (TPSA) is 97.5 Å². The van der Waals surface area contributed by atoms with Gasteiger partial charge in [-0.1, -0.05) is 0 Å². The third-order valence-electron chi connectivity index (χ3n) is 3.82. The minimum atomic E-state index is -5.07. The Kier molecular flexibility index (Phi) is 6.16. The number of anilines is 1. The molecule has 2 rings (SSSR count). The van der Waals surface area contributed by atoms with E-state index < -0.39 is 59.2 Å². The number of nitrogens with zero attached hydrogens (tertiary/aromatic N) is 1. The van der Waals surface area contributed by atoms with E-state index in [1.54, 1.807) is 5.32 Å². The van der Waals surface area contributed by atoms with Crippen molar-refractivity contribution in [3.8, 4) is 17.1 Å². The van der Waals surface area contributed by atoms with Gasteiger partial charge in [0.2, 0.25) is 5.88 Å². The molecule has 0 saturated carbocycles. The van der Waals surface area contributed by atoms with Gasteiger partial charge < -0.3 is 20.9 Å². The molecule has 0 aliphatic rings. The zero-order chi connectivity index (χ0) is 22.9. The number of aliphatic hydroxyl groups is 1. The van der Waals surface area contributed by atoms with Crippen LogP contribution in [-0.4, -0.2) is 34.5 Å². The van der Waals surface area contributed by atoms with Crippen molar-refractivity contribution in [3.05, 3.63) is 41.7 Å². The first-order chi connectivity index (χ1) is 13.6. The molecule has 0 aliphatic carbocycles. The molecule has 1 unspecified atom stereocenters. The van der Waals surface area contributed by atoms with E-state index in [0.29, 0.717) is 13.0 Å². The fraction of sp³-hybridized carbons (Fsp3) is 0.294. The second-order valence-corrected chi connectivity index (χ2v) is 6.30. The number of carbonyl (C=O) groups excluding carboxylic acids is 1. The number of ether oxygens (including phenoxy) is 1. The van der Waals surface area contributed by atoms with E-state index in [2.05, 4.69) is 9.72 Å². The highest BCUT2D eigenvalue weighted by atomic mass is 19.4. The predicted octanol–water partition coefficient (Wildman–Crippen LogP) is 3.89. The largest absolute Gasteiger partial charge is 0.418 e. The van der Waals surface area contributed by atoms with Crippen molar-refractivity contribution >= 4 is 11.8 Å². The first kappa shape index (κ1) is 23.2. The molecule has 1 amide bonds. The lowest BCUT2D eigenvalue weighted by Crippen LogP contribution is -2.51. The summed E-state index contributed by atoms with van der Waals surface area (Å²) in [5, 5.41) is 10.9. The second-order valence-electron chi connectivity index (χ2n) is 6.30. The average Bonchev–Trinajstić information content (AvgIpc) is 2.60. The highest BCUT2D eigenvalue weighted by molar-refractivity contribution is 5.74. The molecule has 0 aliphatic heterocycles. The molecule has 6 nitrogen and oxygen atoms in total. The Labute approximate surface area is 164 Å². The summed E-state index contributed by atoms with van der Waals surface area (Å²) >= 11 is 0. The molecule has 0 fully saturated rings. The Morgan fingerprint density at radius 3 is 2.23 bits per heavy atom. The summed E-state index contributed by atoms with van der Waals surface area (Å²) < 4.78 is 95.4. The summed E-state index contributed by atoms with van der Waals surface area (Å²) in [6.07, 6.45) is -11.5. The van der Waals surface area contributed by atoms with Gasteiger partial charge in [-0.05, 0) is 37.3 Å². The number of alkyl halides is 6. The predicted molar refractivity (Wildman–Crippen MR) is 89.8 cm³/mol. The SMILES string of the molecule is CC(O)(CNC(=O)Oc1nc(-c2ccc(F)cc2)c(C(F)(F)F)cc1N)C(F)(F)F. The van der Waals surface area contributed by atoms with Crippen LogP contribution in [0.3, 0.4) is 0 Å². The Bertz CT molecular complexity index is 926. The Hall–Kier alpha value is -3.09. The van der Waals surface area contributed by atoms with Gasteiger partial charge in [-0.3, -0.25) is 0 Å². The van der Waals surface area contributed by atoms with Crippen molar-refractivity contribution in [2.75, 3.05) is 12.3 Å². The lowest BCUT2D eigenvalue weighted by atomic mass is 10.0. The summed E-state index contributed by atoms with van der Waals surface area (Å²) in [4.78, 5) is 15.3. The number of carbonyl (C=O) groups is 1. The van der Waals surface area contributed by atoms with Crippen molar-refractivity contribution in [1.82, 2.24) is 10.3 Å². The number of nitrogens with two attached hydrogens (primary N) is 1. The first-order valence-electron chi connectivity index (χ1n) is 8.00. The lowest BCUT2D eigenvalue weighted by molar-refractivity contribution is -0.249. The Morgan fingerprint density at radius 2 is 1.73 bits per heavy atom. The van der Waals surface area contributed by atoms with Gasteiger partial charge in [0.1, 0.15) is 5.82 Å². The monoisotopic (exact) mass is 441 g/mol.